The van der Waals surface area contributed by atoms with E-state index in [1.807, 2.05) is 36.4 Å². The van der Waals surface area contributed by atoms with Gasteiger partial charge in [-0.2, -0.15) is 0 Å². The number of rotatable bonds is 8. The SMILES string of the molecule is CC(C)(C)c1cc(CSc2ccccc2SCc2cc(C(C)(C)C)cc(-c3ccccc3)c2O)c(O)c(-c2ccccc2)c1. The molecule has 0 aromatic heterocycles. The summed E-state index contributed by atoms with van der Waals surface area (Å²) in [7, 11) is 0. The predicted octanol–water partition coefficient (Wildman–Crippen LogP) is 11.6. The summed E-state index contributed by atoms with van der Waals surface area (Å²) in [5.74, 6) is 1.99. The average Bonchev–Trinajstić information content (AvgIpc) is 3.00. The van der Waals surface area contributed by atoms with Gasteiger partial charge in [0.1, 0.15) is 11.5 Å². The van der Waals surface area contributed by atoms with Crippen LogP contribution in [-0.4, -0.2) is 10.2 Å². The number of phenolic OH excluding ortho intramolecular Hbond substituents is 2. The number of hydrogen-bond donors (Lipinski definition) is 2. The molecule has 0 amide bonds. The van der Waals surface area contributed by atoms with Crippen molar-refractivity contribution in [2.75, 3.05) is 0 Å². The molecule has 5 aromatic carbocycles. The molecule has 0 heterocycles. The summed E-state index contributed by atoms with van der Waals surface area (Å²) in [6.07, 6.45) is 0. The molecule has 0 aliphatic rings. The zero-order valence-corrected chi connectivity index (χ0v) is 28.2. The summed E-state index contributed by atoms with van der Waals surface area (Å²) in [6, 6.07) is 37.3. The van der Waals surface area contributed by atoms with Gasteiger partial charge < -0.3 is 10.2 Å². The van der Waals surface area contributed by atoms with Crippen LogP contribution in [0, 0.1) is 0 Å². The van der Waals surface area contributed by atoms with Crippen molar-refractivity contribution in [2.45, 2.75) is 73.7 Å². The van der Waals surface area contributed by atoms with Crippen molar-refractivity contribution in [3.05, 3.63) is 131 Å². The Bertz CT molecular complexity index is 1600. The fourth-order valence-electron chi connectivity index (χ4n) is 5.15. The van der Waals surface area contributed by atoms with Crippen molar-refractivity contribution < 1.29 is 10.2 Å². The highest BCUT2D eigenvalue weighted by Gasteiger charge is 2.22. The number of thioether (sulfide) groups is 2. The second kappa shape index (κ2) is 13.2. The first-order valence-corrected chi connectivity index (χ1v) is 17.1. The number of phenols is 2. The molecule has 0 saturated carbocycles. The Morgan fingerprint density at radius 3 is 1.16 bits per heavy atom. The zero-order valence-electron chi connectivity index (χ0n) is 26.5. The van der Waals surface area contributed by atoms with E-state index in [1.54, 1.807) is 23.5 Å². The molecule has 44 heavy (non-hydrogen) atoms. The number of hydrogen-bond acceptors (Lipinski definition) is 4. The Morgan fingerprint density at radius 1 is 0.477 bits per heavy atom. The molecule has 5 aromatic rings. The lowest BCUT2D eigenvalue weighted by molar-refractivity contribution is 0.470. The second-order valence-electron chi connectivity index (χ2n) is 13.3. The van der Waals surface area contributed by atoms with Crippen molar-refractivity contribution in [1.82, 2.24) is 0 Å². The highest BCUT2D eigenvalue weighted by Crippen LogP contribution is 2.43. The third kappa shape index (κ3) is 7.36. The summed E-state index contributed by atoms with van der Waals surface area (Å²) in [4.78, 5) is 2.32. The maximum absolute atomic E-state index is 11.4. The van der Waals surface area contributed by atoms with Crippen molar-refractivity contribution in [1.29, 1.82) is 0 Å². The van der Waals surface area contributed by atoms with E-state index in [2.05, 4.69) is 114 Å². The monoisotopic (exact) mass is 618 g/mol. The molecule has 0 fully saturated rings. The van der Waals surface area contributed by atoms with Crippen LogP contribution in [0.15, 0.2) is 119 Å². The maximum Gasteiger partial charge on any atom is 0.127 e. The Kier molecular flexibility index (Phi) is 9.53. The molecule has 0 aliphatic heterocycles. The molecular weight excluding hydrogens is 577 g/mol. The van der Waals surface area contributed by atoms with Crippen molar-refractivity contribution in [2.24, 2.45) is 0 Å². The molecule has 0 atom stereocenters. The third-order valence-corrected chi connectivity index (χ3v) is 10.3. The molecule has 2 nitrogen and oxygen atoms in total. The van der Waals surface area contributed by atoms with Crippen LogP contribution in [0.3, 0.4) is 0 Å². The molecule has 226 valence electrons. The average molecular weight is 619 g/mol. The molecule has 0 saturated heterocycles. The lowest BCUT2D eigenvalue weighted by Gasteiger charge is -2.23. The molecule has 0 spiro atoms. The van der Waals surface area contributed by atoms with E-state index in [9.17, 15) is 10.2 Å². The lowest BCUT2D eigenvalue weighted by atomic mass is 9.84. The second-order valence-corrected chi connectivity index (χ2v) is 15.4. The zero-order chi connectivity index (χ0) is 31.5. The van der Waals surface area contributed by atoms with E-state index in [0.717, 1.165) is 43.2 Å². The normalized spacial score (nSPS) is 12.0. The van der Waals surface area contributed by atoms with E-state index in [-0.39, 0.29) is 10.8 Å². The summed E-state index contributed by atoms with van der Waals surface area (Å²) in [5.41, 5.74) is 7.97. The number of benzene rings is 5. The molecule has 2 N–H and O–H groups in total. The van der Waals surface area contributed by atoms with Crippen molar-refractivity contribution in [3.8, 4) is 33.8 Å². The molecule has 0 aliphatic carbocycles. The molecule has 4 heteroatoms. The largest absolute Gasteiger partial charge is 0.507 e. The lowest BCUT2D eigenvalue weighted by Crippen LogP contribution is -2.12. The highest BCUT2D eigenvalue weighted by atomic mass is 32.2. The first-order valence-electron chi connectivity index (χ1n) is 15.1. The Balaban J connectivity index is 1.43. The summed E-state index contributed by atoms with van der Waals surface area (Å²) in [5, 5.41) is 22.9. The Morgan fingerprint density at radius 2 is 0.818 bits per heavy atom. The first-order chi connectivity index (χ1) is 20.9. The van der Waals surface area contributed by atoms with Crippen molar-refractivity contribution in [3.63, 3.8) is 0 Å². The summed E-state index contributed by atoms with van der Waals surface area (Å²) < 4.78 is 0. The van der Waals surface area contributed by atoms with Gasteiger partial charge in [0, 0.05) is 43.6 Å². The van der Waals surface area contributed by atoms with Crippen LogP contribution in [-0.2, 0) is 22.3 Å². The third-order valence-electron chi connectivity index (χ3n) is 7.89. The fraction of sp³-hybridized carbons (Fsp3) is 0.250. The van der Waals surface area contributed by atoms with Gasteiger partial charge in [-0.3, -0.25) is 0 Å². The standard InChI is InChI=1S/C40H42O2S2/c1-39(2,3)31-21-29(37(41)33(23-31)27-15-9-7-10-16-27)25-43-35-19-13-14-20-36(35)44-26-30-22-32(40(4,5)6)24-34(38(30)42)28-17-11-8-12-18-28/h7-24,41-42H,25-26H2,1-6H3. The van der Waals surface area contributed by atoms with Crippen LogP contribution in [0.2, 0.25) is 0 Å². The molecule has 5 rings (SSSR count). The smallest absolute Gasteiger partial charge is 0.127 e. The van der Waals surface area contributed by atoms with Gasteiger partial charge in [-0.05, 0) is 57.3 Å². The van der Waals surface area contributed by atoms with Gasteiger partial charge in [0.15, 0.2) is 0 Å². The van der Waals surface area contributed by atoms with Gasteiger partial charge in [0.2, 0.25) is 0 Å². The van der Waals surface area contributed by atoms with Gasteiger partial charge in [-0.25, -0.2) is 0 Å². The minimum atomic E-state index is -0.0490. The molecule has 0 unspecified atom stereocenters. The van der Waals surface area contributed by atoms with Gasteiger partial charge in [0.05, 0.1) is 0 Å². The van der Waals surface area contributed by atoms with E-state index in [0.29, 0.717) is 23.0 Å². The van der Waals surface area contributed by atoms with Crippen LogP contribution in [0.5, 0.6) is 11.5 Å². The van der Waals surface area contributed by atoms with Crippen molar-refractivity contribution >= 4 is 23.5 Å². The first kappa shape index (κ1) is 31.8. The molecule has 0 radical (unpaired) electrons. The molecular formula is C40H42O2S2. The van der Waals surface area contributed by atoms with Crippen LogP contribution in [0.4, 0.5) is 0 Å². The highest BCUT2D eigenvalue weighted by molar-refractivity contribution is 8.01. The van der Waals surface area contributed by atoms with E-state index < -0.39 is 0 Å². The minimum absolute atomic E-state index is 0.0490. The topological polar surface area (TPSA) is 40.5 Å². The van der Waals surface area contributed by atoms with E-state index >= 15 is 0 Å². The van der Waals surface area contributed by atoms with Gasteiger partial charge in [-0.15, -0.1) is 23.5 Å². The molecule has 0 bridgehead atoms. The quantitative estimate of drug-likeness (QED) is 0.170. The van der Waals surface area contributed by atoms with E-state index in [1.165, 1.54) is 11.1 Å². The minimum Gasteiger partial charge on any atom is -0.507 e. The predicted molar refractivity (Wildman–Crippen MR) is 190 cm³/mol. The summed E-state index contributed by atoms with van der Waals surface area (Å²) in [6.45, 7) is 13.3. The summed E-state index contributed by atoms with van der Waals surface area (Å²) >= 11 is 3.48. The maximum atomic E-state index is 11.4. The van der Waals surface area contributed by atoms with Crippen LogP contribution in [0.25, 0.3) is 22.3 Å². The van der Waals surface area contributed by atoms with Crippen LogP contribution in [0.1, 0.15) is 63.8 Å². The van der Waals surface area contributed by atoms with Crippen LogP contribution < -0.4 is 0 Å². The Labute approximate surface area is 271 Å². The van der Waals surface area contributed by atoms with Gasteiger partial charge in [-0.1, -0.05) is 126 Å². The fourth-order valence-corrected chi connectivity index (χ4v) is 7.34. The van der Waals surface area contributed by atoms with Crippen LogP contribution >= 0.6 is 23.5 Å². The number of aromatic hydroxyl groups is 2. The van der Waals surface area contributed by atoms with Gasteiger partial charge in [0.25, 0.3) is 0 Å². The van der Waals surface area contributed by atoms with Gasteiger partial charge >= 0.3 is 0 Å². The Hall–Kier alpha value is -3.60. The van der Waals surface area contributed by atoms with E-state index in [4.69, 9.17) is 0 Å².